The van der Waals surface area contributed by atoms with E-state index in [0.29, 0.717) is 27.4 Å². The van der Waals surface area contributed by atoms with Crippen molar-refractivity contribution in [3.05, 3.63) is 172 Å². The summed E-state index contributed by atoms with van der Waals surface area (Å²) in [6.07, 6.45) is 3.40. The number of H-pyrrole nitrogens is 1. The first-order chi connectivity index (χ1) is 24.2. The molecule has 4 N–H and O–H groups in total. The lowest BCUT2D eigenvalue weighted by Crippen LogP contribution is -2.30. The number of rotatable bonds is 11. The highest BCUT2D eigenvalue weighted by atomic mass is 32.2. The zero-order valence-electron chi connectivity index (χ0n) is 26.8. The van der Waals surface area contributed by atoms with Crippen LogP contribution in [0.2, 0.25) is 0 Å². The number of nitro groups is 1. The average molecular weight is 682 g/mol. The number of anilines is 2. The molecule has 0 spiro atoms. The molecule has 0 aliphatic heterocycles. The van der Waals surface area contributed by atoms with Crippen LogP contribution in [-0.2, 0) is 9.59 Å². The topological polar surface area (TPSA) is 146 Å². The Balaban J connectivity index is 1.25. The molecular formula is C39H31N5O5S. The number of benzene rings is 5. The predicted molar refractivity (Wildman–Crippen MR) is 197 cm³/mol. The fourth-order valence-corrected chi connectivity index (χ4v) is 6.38. The average Bonchev–Trinajstić information content (AvgIpc) is 3.54. The number of aromatic nitrogens is 1. The number of nitro benzene ring substituents is 1. The van der Waals surface area contributed by atoms with Gasteiger partial charge in [0.05, 0.1) is 4.92 Å². The number of thioether (sulfide) groups is 1. The molecule has 248 valence electrons. The van der Waals surface area contributed by atoms with Crippen molar-refractivity contribution in [2.24, 2.45) is 0 Å². The Morgan fingerprint density at radius 3 is 2.28 bits per heavy atom. The van der Waals surface area contributed by atoms with Crippen molar-refractivity contribution < 1.29 is 19.3 Å². The summed E-state index contributed by atoms with van der Waals surface area (Å²) < 4.78 is 0. The largest absolute Gasteiger partial charge is 0.361 e. The van der Waals surface area contributed by atoms with E-state index in [-0.39, 0.29) is 17.3 Å². The maximum atomic E-state index is 13.8. The lowest BCUT2D eigenvalue weighted by atomic mass is 10.1. The monoisotopic (exact) mass is 681 g/mol. The second-order valence-corrected chi connectivity index (χ2v) is 12.5. The second-order valence-electron chi connectivity index (χ2n) is 11.3. The van der Waals surface area contributed by atoms with E-state index >= 15 is 0 Å². The predicted octanol–water partition coefficient (Wildman–Crippen LogP) is 8.27. The molecule has 6 rings (SSSR count). The first-order valence-corrected chi connectivity index (χ1v) is 16.5. The van der Waals surface area contributed by atoms with Crippen LogP contribution in [0.4, 0.5) is 17.1 Å². The summed E-state index contributed by atoms with van der Waals surface area (Å²) in [7, 11) is 0. The van der Waals surface area contributed by atoms with Crippen LogP contribution in [0.5, 0.6) is 0 Å². The smallest absolute Gasteiger partial charge is 0.272 e. The molecule has 1 heterocycles. The van der Waals surface area contributed by atoms with Crippen molar-refractivity contribution in [2.45, 2.75) is 17.1 Å². The fraction of sp³-hybridized carbons (Fsp3) is 0.0513. The summed E-state index contributed by atoms with van der Waals surface area (Å²) in [6, 6.07) is 36.9. The van der Waals surface area contributed by atoms with Crippen LogP contribution in [-0.4, -0.2) is 27.6 Å². The minimum Gasteiger partial charge on any atom is -0.361 e. The van der Waals surface area contributed by atoms with Gasteiger partial charge in [0.1, 0.15) is 10.9 Å². The van der Waals surface area contributed by atoms with E-state index in [2.05, 4.69) is 20.9 Å². The molecule has 0 aliphatic rings. The van der Waals surface area contributed by atoms with Gasteiger partial charge < -0.3 is 20.9 Å². The van der Waals surface area contributed by atoms with Gasteiger partial charge in [-0.1, -0.05) is 72.8 Å². The number of para-hydroxylation sites is 1. The van der Waals surface area contributed by atoms with Crippen molar-refractivity contribution in [3.63, 3.8) is 0 Å². The van der Waals surface area contributed by atoms with Crippen molar-refractivity contribution in [1.29, 1.82) is 0 Å². The molecule has 0 radical (unpaired) electrons. The third-order valence-corrected chi connectivity index (χ3v) is 9.06. The van der Waals surface area contributed by atoms with E-state index in [1.165, 1.54) is 30.0 Å². The van der Waals surface area contributed by atoms with Gasteiger partial charge >= 0.3 is 0 Å². The van der Waals surface area contributed by atoms with E-state index in [0.717, 1.165) is 22.0 Å². The number of aryl methyl sites for hydroxylation is 1. The molecule has 0 bridgehead atoms. The van der Waals surface area contributed by atoms with Gasteiger partial charge in [-0.2, -0.15) is 0 Å². The number of amides is 3. The first kappa shape index (κ1) is 33.4. The van der Waals surface area contributed by atoms with Gasteiger partial charge in [0, 0.05) is 56.6 Å². The highest BCUT2D eigenvalue weighted by Gasteiger charge is 2.24. The molecule has 1 unspecified atom stereocenters. The van der Waals surface area contributed by atoms with Crippen molar-refractivity contribution in [3.8, 4) is 0 Å². The number of nitrogens with one attached hydrogen (secondary N) is 4. The third kappa shape index (κ3) is 7.97. The van der Waals surface area contributed by atoms with Gasteiger partial charge in [-0.05, 0) is 66.6 Å². The van der Waals surface area contributed by atoms with Crippen LogP contribution in [0.15, 0.2) is 144 Å². The van der Waals surface area contributed by atoms with E-state index in [9.17, 15) is 24.5 Å². The van der Waals surface area contributed by atoms with Crippen LogP contribution in [0.25, 0.3) is 17.0 Å². The minimum atomic E-state index is -0.695. The highest BCUT2D eigenvalue weighted by molar-refractivity contribution is 8.00. The molecule has 10 nitrogen and oxygen atoms in total. The molecule has 50 heavy (non-hydrogen) atoms. The Morgan fingerprint density at radius 2 is 1.54 bits per heavy atom. The van der Waals surface area contributed by atoms with Crippen LogP contribution in [0, 0.1) is 17.0 Å². The van der Waals surface area contributed by atoms with Crippen LogP contribution >= 0.6 is 11.8 Å². The number of carbonyl (C=O) groups excluding carboxylic acids is 3. The maximum absolute atomic E-state index is 13.8. The van der Waals surface area contributed by atoms with Crippen molar-refractivity contribution >= 4 is 63.5 Å². The normalized spacial score (nSPS) is 11.8. The lowest BCUT2D eigenvalue weighted by Gasteiger charge is -2.18. The summed E-state index contributed by atoms with van der Waals surface area (Å²) in [4.78, 5) is 55.3. The van der Waals surface area contributed by atoms with Gasteiger partial charge in [-0.3, -0.25) is 24.5 Å². The number of aromatic amines is 1. The summed E-state index contributed by atoms with van der Waals surface area (Å²) >= 11 is 1.29. The second kappa shape index (κ2) is 15.2. The SMILES string of the molecule is Cc1cc([N+](=O)[O-])ccc1NC(=O)C(Sc1cccc(NC(=O)/C(=C/c2c[nH]c3ccccc23)NC(=O)c2ccccc2)c1)c1ccccc1. The molecule has 0 saturated carbocycles. The molecular weight excluding hydrogens is 651 g/mol. The number of fused-ring (bicyclic) bond motifs is 1. The summed E-state index contributed by atoms with van der Waals surface area (Å²) in [5.74, 6) is -1.29. The van der Waals surface area contributed by atoms with E-state index in [1.807, 2.05) is 60.7 Å². The van der Waals surface area contributed by atoms with Gasteiger partial charge in [-0.25, -0.2) is 0 Å². The summed E-state index contributed by atoms with van der Waals surface area (Å²) in [5, 5.41) is 20.0. The lowest BCUT2D eigenvalue weighted by molar-refractivity contribution is -0.384. The molecule has 5 aromatic carbocycles. The van der Waals surface area contributed by atoms with Gasteiger partial charge in [0.15, 0.2) is 0 Å². The Kier molecular flexibility index (Phi) is 10.2. The highest BCUT2D eigenvalue weighted by Crippen LogP contribution is 2.37. The number of carbonyl (C=O) groups is 3. The van der Waals surface area contributed by atoms with E-state index in [1.54, 1.807) is 67.7 Å². The molecule has 11 heteroatoms. The number of non-ortho nitro benzene ring substituents is 1. The maximum Gasteiger partial charge on any atom is 0.272 e. The van der Waals surface area contributed by atoms with Crippen molar-refractivity contribution in [2.75, 3.05) is 10.6 Å². The number of hydrogen-bond donors (Lipinski definition) is 4. The van der Waals surface area contributed by atoms with Crippen LogP contribution in [0.3, 0.4) is 0 Å². The fourth-order valence-electron chi connectivity index (χ4n) is 5.29. The Hall–Kier alpha value is -6.46. The van der Waals surface area contributed by atoms with Crippen LogP contribution in [0.1, 0.15) is 32.3 Å². The summed E-state index contributed by atoms with van der Waals surface area (Å²) in [6.45, 7) is 1.70. The van der Waals surface area contributed by atoms with E-state index < -0.39 is 22.0 Å². The van der Waals surface area contributed by atoms with Crippen molar-refractivity contribution in [1.82, 2.24) is 10.3 Å². The molecule has 1 aromatic heterocycles. The van der Waals surface area contributed by atoms with Gasteiger partial charge in [-0.15, -0.1) is 11.8 Å². The molecule has 0 fully saturated rings. The molecule has 1 atom stereocenters. The quantitative estimate of drug-likeness (QED) is 0.0469. The standard InChI is InChI=1S/C39H31N5O5S/c1-25-21-30(44(48)49)19-20-33(25)42-39(47)36(26-11-4-2-5-12-26)50-31-16-10-15-29(23-31)41-38(46)35(43-37(45)27-13-6-3-7-14-27)22-28-24-40-34-18-9-8-17-32(28)34/h2-24,36,40H,1H3,(H,41,46)(H,42,47)(H,43,45)/b35-22-. The molecule has 0 aliphatic carbocycles. The Labute approximate surface area is 291 Å². The minimum absolute atomic E-state index is 0.0432. The molecule has 3 amide bonds. The number of nitrogens with zero attached hydrogens (tertiary/aromatic N) is 1. The Bertz CT molecular complexity index is 2230. The number of hydrogen-bond acceptors (Lipinski definition) is 6. The van der Waals surface area contributed by atoms with Gasteiger partial charge in [0.25, 0.3) is 17.5 Å². The Morgan fingerprint density at radius 1 is 0.820 bits per heavy atom. The third-order valence-electron chi connectivity index (χ3n) is 7.81. The molecule has 6 aromatic rings. The van der Waals surface area contributed by atoms with Gasteiger partial charge in [0.2, 0.25) is 5.91 Å². The zero-order chi connectivity index (χ0) is 35.0. The van der Waals surface area contributed by atoms with E-state index in [4.69, 9.17) is 0 Å². The zero-order valence-corrected chi connectivity index (χ0v) is 27.6. The molecule has 0 saturated heterocycles. The summed E-state index contributed by atoms with van der Waals surface area (Å²) in [5.41, 5.74) is 4.22. The first-order valence-electron chi connectivity index (χ1n) is 15.6. The van der Waals surface area contributed by atoms with Crippen LogP contribution < -0.4 is 16.0 Å².